The molecule has 0 aliphatic rings. The summed E-state index contributed by atoms with van der Waals surface area (Å²) in [5, 5.41) is 0. The van der Waals surface area contributed by atoms with Crippen LogP contribution in [-0.2, 0) is 4.84 Å². The van der Waals surface area contributed by atoms with E-state index in [0.717, 1.165) is 0 Å². The van der Waals surface area contributed by atoms with E-state index in [4.69, 9.17) is 5.73 Å². The van der Waals surface area contributed by atoms with Gasteiger partial charge in [-0.1, -0.05) is 0 Å². The summed E-state index contributed by atoms with van der Waals surface area (Å²) in [6, 6.07) is 0. The molecule has 0 aliphatic heterocycles. The van der Waals surface area contributed by atoms with E-state index in [1.165, 1.54) is 0 Å². The highest BCUT2D eigenvalue weighted by atomic mass is 127. The van der Waals surface area contributed by atoms with Crippen LogP contribution in [0.15, 0.2) is 0 Å². The summed E-state index contributed by atoms with van der Waals surface area (Å²) < 4.78 is 2.46. The van der Waals surface area contributed by atoms with Crippen molar-refractivity contribution in [1.29, 1.82) is 0 Å². The van der Waals surface area contributed by atoms with Crippen LogP contribution in [0.5, 0.6) is 0 Å². The normalized spacial score (nSPS) is 9.00. The molecule has 4 heteroatoms. The topological polar surface area (TPSA) is 47.3 Å². The van der Waals surface area contributed by atoms with E-state index < -0.39 is 0 Å². The maximum atomic E-state index is 5.05. The minimum absolute atomic E-state index is 0.565. The summed E-state index contributed by atoms with van der Waals surface area (Å²) in [7, 11) is 0. The highest BCUT2D eigenvalue weighted by Crippen LogP contribution is 1.67. The van der Waals surface area contributed by atoms with Gasteiger partial charge in [-0.05, 0) is 0 Å². The molecule has 0 bridgehead atoms. The first kappa shape index (κ1) is 6.61. The van der Waals surface area contributed by atoms with Crippen molar-refractivity contribution < 1.29 is 4.84 Å². The summed E-state index contributed by atoms with van der Waals surface area (Å²) in [5.74, 6) is 0. The molecule has 0 aliphatic carbocycles. The number of hydrogen-bond donors (Lipinski definition) is 2. The molecule has 0 unspecified atom stereocenters. The van der Waals surface area contributed by atoms with Gasteiger partial charge in [0.05, 0.1) is 6.61 Å². The van der Waals surface area contributed by atoms with Crippen molar-refractivity contribution >= 4 is 22.9 Å². The second-order valence-electron chi connectivity index (χ2n) is 0.714. The van der Waals surface area contributed by atoms with Crippen LogP contribution in [0.4, 0.5) is 0 Å². The second kappa shape index (κ2) is 5.61. The van der Waals surface area contributed by atoms with Crippen molar-refractivity contribution in [2.24, 2.45) is 5.73 Å². The van der Waals surface area contributed by atoms with Crippen LogP contribution in [0.3, 0.4) is 0 Å². The van der Waals surface area contributed by atoms with Crippen molar-refractivity contribution in [3.8, 4) is 0 Å². The molecule has 0 saturated carbocycles. The predicted octanol–water partition coefficient (Wildman–Crippen LogP) is -0.184. The third-order valence-electron chi connectivity index (χ3n) is 0.274. The number of nitrogens with two attached hydrogens (primary N) is 1. The molecule has 0 spiro atoms. The molecule has 0 rings (SSSR count). The fourth-order valence-corrected chi connectivity index (χ4v) is 0.318. The van der Waals surface area contributed by atoms with Gasteiger partial charge in [-0.15, -0.1) is 3.69 Å². The zero-order chi connectivity index (χ0) is 4.83. The molecular formula is C2H7IN2O. The molecule has 0 heterocycles. The Morgan fingerprint density at radius 3 is 2.67 bits per heavy atom. The van der Waals surface area contributed by atoms with E-state index in [0.29, 0.717) is 13.2 Å². The molecule has 0 aromatic carbocycles. The zero-order valence-electron chi connectivity index (χ0n) is 3.28. The molecule has 0 aromatic rings. The molecule has 0 atom stereocenters. The molecule has 0 fully saturated rings. The maximum absolute atomic E-state index is 5.05. The lowest BCUT2D eigenvalue weighted by Crippen LogP contribution is -2.11. The second-order valence-corrected chi connectivity index (χ2v) is 1.15. The lowest BCUT2D eigenvalue weighted by molar-refractivity contribution is 0.120. The van der Waals surface area contributed by atoms with E-state index in [1.54, 1.807) is 0 Å². The number of halogens is 1. The molecule has 38 valence electrons. The molecule has 0 amide bonds. The quantitative estimate of drug-likeness (QED) is 0.288. The standard InChI is InChI=1S/C2H7IN2O/c3-5-6-2-1-4/h5H,1-2,4H2. The Morgan fingerprint density at radius 2 is 2.50 bits per heavy atom. The Bertz CT molecular complexity index is 23.5. The van der Waals surface area contributed by atoms with Gasteiger partial charge in [0.1, 0.15) is 0 Å². The lowest BCUT2D eigenvalue weighted by atomic mass is 10.8. The van der Waals surface area contributed by atoms with E-state index >= 15 is 0 Å². The molecular weight excluding hydrogens is 195 g/mol. The van der Waals surface area contributed by atoms with E-state index in [1.807, 2.05) is 22.9 Å². The average Bonchev–Trinajstić information content (AvgIpc) is 1.61. The predicted molar refractivity (Wildman–Crippen MR) is 32.2 cm³/mol. The van der Waals surface area contributed by atoms with Crippen molar-refractivity contribution in [2.45, 2.75) is 0 Å². The van der Waals surface area contributed by atoms with E-state index in [-0.39, 0.29) is 0 Å². The molecule has 6 heavy (non-hydrogen) atoms. The van der Waals surface area contributed by atoms with Crippen LogP contribution < -0.4 is 9.43 Å². The minimum atomic E-state index is 0.565. The molecule has 0 radical (unpaired) electrons. The van der Waals surface area contributed by atoms with E-state index in [2.05, 4.69) is 8.53 Å². The third kappa shape index (κ3) is 4.61. The summed E-state index contributed by atoms with van der Waals surface area (Å²) in [6.45, 7) is 1.14. The summed E-state index contributed by atoms with van der Waals surface area (Å²) in [5.41, 5.74) is 5.05. The van der Waals surface area contributed by atoms with Crippen molar-refractivity contribution in [2.75, 3.05) is 13.2 Å². The Kier molecular flexibility index (Phi) is 6.18. The van der Waals surface area contributed by atoms with E-state index in [9.17, 15) is 0 Å². The van der Waals surface area contributed by atoms with Gasteiger partial charge >= 0.3 is 0 Å². The number of nitrogens with one attached hydrogen (secondary N) is 1. The summed E-state index contributed by atoms with van der Waals surface area (Å²) in [6.07, 6.45) is 0. The fraction of sp³-hybridized carbons (Fsp3) is 1.00. The van der Waals surface area contributed by atoms with Crippen LogP contribution in [0.1, 0.15) is 0 Å². The summed E-state index contributed by atoms with van der Waals surface area (Å²) in [4.78, 5) is 4.59. The van der Waals surface area contributed by atoms with Crippen molar-refractivity contribution in [3.05, 3.63) is 0 Å². The van der Waals surface area contributed by atoms with Crippen LogP contribution in [-0.4, -0.2) is 13.2 Å². The summed E-state index contributed by atoms with van der Waals surface area (Å²) >= 11 is 1.88. The SMILES string of the molecule is NCCONI. The largest absolute Gasteiger partial charge is 0.328 e. The smallest absolute Gasteiger partial charge is 0.0814 e. The highest BCUT2D eigenvalue weighted by molar-refractivity contribution is 14.1. The highest BCUT2D eigenvalue weighted by Gasteiger charge is 1.72. The van der Waals surface area contributed by atoms with Crippen LogP contribution >= 0.6 is 22.9 Å². The number of rotatable bonds is 3. The zero-order valence-corrected chi connectivity index (χ0v) is 5.44. The van der Waals surface area contributed by atoms with Crippen molar-refractivity contribution in [3.63, 3.8) is 0 Å². The van der Waals surface area contributed by atoms with Crippen LogP contribution in [0, 0.1) is 0 Å². The maximum Gasteiger partial charge on any atom is 0.0814 e. The first-order chi connectivity index (χ1) is 2.91. The fourth-order valence-electron chi connectivity index (χ4n) is 0.0975. The molecule has 3 nitrogen and oxygen atoms in total. The Balaban J connectivity index is 2.34. The first-order valence-electron chi connectivity index (χ1n) is 1.59. The molecule has 0 aromatic heterocycles. The van der Waals surface area contributed by atoms with Crippen molar-refractivity contribution in [1.82, 2.24) is 3.69 Å². The Hall–Kier alpha value is 0.610. The monoisotopic (exact) mass is 202 g/mol. The van der Waals surface area contributed by atoms with Gasteiger partial charge < -0.3 is 5.73 Å². The Morgan fingerprint density at radius 1 is 1.83 bits per heavy atom. The van der Waals surface area contributed by atoms with Gasteiger partial charge in [-0.3, -0.25) is 4.84 Å². The Labute approximate surface area is 50.7 Å². The third-order valence-corrected chi connectivity index (χ3v) is 0.586. The van der Waals surface area contributed by atoms with Gasteiger partial charge in [-0.25, -0.2) is 0 Å². The molecule has 3 N–H and O–H groups in total. The lowest BCUT2D eigenvalue weighted by Gasteiger charge is -1.91. The first-order valence-corrected chi connectivity index (χ1v) is 2.67. The van der Waals surface area contributed by atoms with Gasteiger partial charge in [0.2, 0.25) is 0 Å². The van der Waals surface area contributed by atoms with Crippen LogP contribution in [0.2, 0.25) is 0 Å². The number of hydrogen-bond acceptors (Lipinski definition) is 3. The van der Waals surface area contributed by atoms with Gasteiger partial charge in [0.15, 0.2) is 0 Å². The van der Waals surface area contributed by atoms with Gasteiger partial charge in [0, 0.05) is 29.4 Å². The van der Waals surface area contributed by atoms with Gasteiger partial charge in [0.25, 0.3) is 0 Å². The minimum Gasteiger partial charge on any atom is -0.328 e. The molecule has 0 saturated heterocycles. The van der Waals surface area contributed by atoms with Gasteiger partial charge in [-0.2, -0.15) is 0 Å². The average molecular weight is 202 g/mol. The van der Waals surface area contributed by atoms with Crippen LogP contribution in [0.25, 0.3) is 0 Å².